The van der Waals surface area contributed by atoms with Gasteiger partial charge in [0, 0.05) is 0 Å². The van der Waals surface area contributed by atoms with Crippen molar-refractivity contribution in [3.63, 3.8) is 0 Å². The molecule has 0 fully saturated rings. The molecule has 0 spiro atoms. The maximum atomic E-state index is 3.71. The summed E-state index contributed by atoms with van der Waals surface area (Å²) in [4.78, 5) is 0. The van der Waals surface area contributed by atoms with E-state index in [9.17, 15) is 0 Å². The SMILES string of the molecule is C=CC=CCCCCCCCCCCCCCCCCCCCCCCCCCC. The van der Waals surface area contributed by atoms with Gasteiger partial charge in [-0.05, 0) is 12.8 Å². The topological polar surface area (TPSA) is 0 Å². The summed E-state index contributed by atoms with van der Waals surface area (Å²) < 4.78 is 0. The van der Waals surface area contributed by atoms with E-state index in [4.69, 9.17) is 0 Å². The zero-order valence-corrected chi connectivity index (χ0v) is 21.1. The molecule has 0 aromatic rings. The molecule has 0 N–H and O–H groups in total. The Labute approximate surface area is 192 Å². The van der Waals surface area contributed by atoms with Gasteiger partial charge in [-0.15, -0.1) is 0 Å². The lowest BCUT2D eigenvalue weighted by Crippen LogP contribution is -1.84. The maximum Gasteiger partial charge on any atom is -0.0348 e. The van der Waals surface area contributed by atoms with Gasteiger partial charge < -0.3 is 0 Å². The van der Waals surface area contributed by atoms with Crippen LogP contribution in [0.2, 0.25) is 0 Å². The first-order valence-corrected chi connectivity index (χ1v) is 14.2. The lowest BCUT2D eigenvalue weighted by Gasteiger charge is -2.04. The average molecular weight is 419 g/mol. The van der Waals surface area contributed by atoms with Crippen LogP contribution in [-0.4, -0.2) is 0 Å². The van der Waals surface area contributed by atoms with Gasteiger partial charge in [0.15, 0.2) is 0 Å². The van der Waals surface area contributed by atoms with Crippen molar-refractivity contribution in [2.45, 2.75) is 167 Å². The second kappa shape index (κ2) is 28.5. The van der Waals surface area contributed by atoms with Crippen molar-refractivity contribution >= 4 is 0 Å². The minimum atomic E-state index is 1.23. The molecular formula is C30H58. The lowest BCUT2D eigenvalue weighted by molar-refractivity contribution is 0.517. The molecule has 0 aliphatic rings. The Morgan fingerprint density at radius 3 is 0.933 bits per heavy atom. The molecule has 0 aromatic heterocycles. The third-order valence-corrected chi connectivity index (χ3v) is 6.50. The van der Waals surface area contributed by atoms with E-state index in [0.29, 0.717) is 0 Å². The van der Waals surface area contributed by atoms with Crippen LogP contribution >= 0.6 is 0 Å². The molecule has 0 heterocycles. The van der Waals surface area contributed by atoms with Crippen LogP contribution in [0.1, 0.15) is 167 Å². The zero-order chi connectivity index (χ0) is 21.8. The molecule has 0 saturated carbocycles. The number of hydrogen-bond acceptors (Lipinski definition) is 0. The van der Waals surface area contributed by atoms with E-state index in [-0.39, 0.29) is 0 Å². The molecule has 30 heavy (non-hydrogen) atoms. The summed E-state index contributed by atoms with van der Waals surface area (Å²) in [7, 11) is 0. The van der Waals surface area contributed by atoms with Gasteiger partial charge in [-0.3, -0.25) is 0 Å². The van der Waals surface area contributed by atoms with Gasteiger partial charge >= 0.3 is 0 Å². The standard InChI is InChI=1S/C30H58/c1-3-5-7-9-11-13-15-17-19-21-23-25-27-29-30-28-26-24-22-20-18-16-14-12-10-8-6-4-2/h3,5,7H,1,4,6,8-30H2,2H3. The van der Waals surface area contributed by atoms with Gasteiger partial charge in [0.2, 0.25) is 0 Å². The summed E-state index contributed by atoms with van der Waals surface area (Å²) >= 11 is 0. The molecule has 0 aromatic carbocycles. The van der Waals surface area contributed by atoms with E-state index >= 15 is 0 Å². The molecule has 178 valence electrons. The summed E-state index contributed by atoms with van der Waals surface area (Å²) in [6.07, 6.45) is 42.5. The third kappa shape index (κ3) is 27.5. The van der Waals surface area contributed by atoms with Crippen LogP contribution in [0.25, 0.3) is 0 Å². The molecule has 0 radical (unpaired) electrons. The molecule has 0 nitrogen and oxygen atoms in total. The summed E-state index contributed by atoms with van der Waals surface area (Å²) in [5, 5.41) is 0. The highest BCUT2D eigenvalue weighted by atomic mass is 14.0. The maximum absolute atomic E-state index is 3.71. The zero-order valence-electron chi connectivity index (χ0n) is 21.1. The Bertz CT molecular complexity index is 327. The predicted octanol–water partition coefficient (Wildman–Crippen LogP) is 11.5. The number of hydrogen-bond donors (Lipinski definition) is 0. The van der Waals surface area contributed by atoms with Gasteiger partial charge in [0.05, 0.1) is 0 Å². The van der Waals surface area contributed by atoms with Gasteiger partial charge in [-0.1, -0.05) is 179 Å². The minimum absolute atomic E-state index is 1.23. The minimum Gasteiger partial charge on any atom is -0.0991 e. The van der Waals surface area contributed by atoms with Crippen molar-refractivity contribution < 1.29 is 0 Å². The van der Waals surface area contributed by atoms with Crippen molar-refractivity contribution in [1.29, 1.82) is 0 Å². The van der Waals surface area contributed by atoms with Gasteiger partial charge in [0.1, 0.15) is 0 Å². The van der Waals surface area contributed by atoms with Crippen LogP contribution in [-0.2, 0) is 0 Å². The summed E-state index contributed by atoms with van der Waals surface area (Å²) in [6.45, 7) is 6.01. The van der Waals surface area contributed by atoms with Crippen molar-refractivity contribution in [3.05, 3.63) is 24.8 Å². The molecule has 0 amide bonds. The normalized spacial score (nSPS) is 11.5. The van der Waals surface area contributed by atoms with Crippen molar-refractivity contribution in [3.8, 4) is 0 Å². The average Bonchev–Trinajstić information content (AvgIpc) is 2.76. The number of unbranched alkanes of at least 4 members (excludes halogenated alkanes) is 24. The smallest absolute Gasteiger partial charge is 0.0348 e. The summed E-state index contributed by atoms with van der Waals surface area (Å²) in [5.41, 5.74) is 0. The van der Waals surface area contributed by atoms with Crippen LogP contribution in [0, 0.1) is 0 Å². The second-order valence-corrected chi connectivity index (χ2v) is 9.58. The Balaban J connectivity index is 3.00. The van der Waals surface area contributed by atoms with Crippen LogP contribution in [0.4, 0.5) is 0 Å². The van der Waals surface area contributed by atoms with E-state index in [1.165, 1.54) is 161 Å². The second-order valence-electron chi connectivity index (χ2n) is 9.58. The van der Waals surface area contributed by atoms with E-state index in [2.05, 4.69) is 25.7 Å². The first-order valence-electron chi connectivity index (χ1n) is 14.2. The lowest BCUT2D eigenvalue weighted by atomic mass is 10.0. The van der Waals surface area contributed by atoms with E-state index in [1.807, 2.05) is 6.08 Å². The fourth-order valence-corrected chi connectivity index (χ4v) is 4.42. The molecule has 0 bridgehead atoms. The fraction of sp³-hybridized carbons (Fsp3) is 0.867. The van der Waals surface area contributed by atoms with Crippen molar-refractivity contribution in [2.24, 2.45) is 0 Å². The molecule has 0 atom stereocenters. The third-order valence-electron chi connectivity index (χ3n) is 6.50. The first kappa shape index (κ1) is 29.5. The summed E-state index contributed by atoms with van der Waals surface area (Å²) in [5.74, 6) is 0. The Hall–Kier alpha value is -0.520. The molecule has 0 aliphatic carbocycles. The summed E-state index contributed by atoms with van der Waals surface area (Å²) in [6, 6.07) is 0. The van der Waals surface area contributed by atoms with Crippen molar-refractivity contribution in [1.82, 2.24) is 0 Å². The Morgan fingerprint density at radius 2 is 0.667 bits per heavy atom. The molecule has 0 unspecified atom stereocenters. The largest absolute Gasteiger partial charge is 0.0991 e. The predicted molar refractivity (Wildman–Crippen MR) is 140 cm³/mol. The highest BCUT2D eigenvalue weighted by Crippen LogP contribution is 2.15. The first-order chi connectivity index (χ1) is 14.9. The highest BCUT2D eigenvalue weighted by molar-refractivity contribution is 4.96. The Morgan fingerprint density at radius 1 is 0.400 bits per heavy atom. The monoisotopic (exact) mass is 418 g/mol. The molecule has 0 saturated heterocycles. The Kier molecular flexibility index (Phi) is 28.0. The molecule has 0 heteroatoms. The highest BCUT2D eigenvalue weighted by Gasteiger charge is 1.96. The van der Waals surface area contributed by atoms with Crippen LogP contribution in [0.5, 0.6) is 0 Å². The molecular weight excluding hydrogens is 360 g/mol. The van der Waals surface area contributed by atoms with Crippen LogP contribution in [0.3, 0.4) is 0 Å². The van der Waals surface area contributed by atoms with E-state index in [0.717, 1.165) is 0 Å². The van der Waals surface area contributed by atoms with Crippen molar-refractivity contribution in [2.75, 3.05) is 0 Å². The van der Waals surface area contributed by atoms with E-state index < -0.39 is 0 Å². The quantitative estimate of drug-likeness (QED) is 0.0967. The van der Waals surface area contributed by atoms with Gasteiger partial charge in [-0.2, -0.15) is 0 Å². The molecule has 0 aliphatic heterocycles. The van der Waals surface area contributed by atoms with E-state index in [1.54, 1.807) is 0 Å². The number of rotatable bonds is 26. The van der Waals surface area contributed by atoms with Gasteiger partial charge in [-0.25, -0.2) is 0 Å². The molecule has 0 rings (SSSR count). The van der Waals surface area contributed by atoms with Crippen LogP contribution < -0.4 is 0 Å². The fourth-order valence-electron chi connectivity index (χ4n) is 4.42. The van der Waals surface area contributed by atoms with Gasteiger partial charge in [0.25, 0.3) is 0 Å². The van der Waals surface area contributed by atoms with Crippen LogP contribution in [0.15, 0.2) is 24.8 Å². The number of allylic oxidation sites excluding steroid dienone is 3.